The number of tetrazole rings is 1. The molecule has 1 amide bonds. The quantitative estimate of drug-likeness (QED) is 0.859. The Hall–Kier alpha value is -2.31. The van der Waals surface area contributed by atoms with Gasteiger partial charge in [-0.25, -0.2) is 0 Å². The van der Waals surface area contributed by atoms with Gasteiger partial charge in [-0.1, -0.05) is 0 Å². The fraction of sp³-hybridized carbons (Fsp3) is 0.533. The number of aromatic nitrogens is 5. The van der Waals surface area contributed by atoms with Crippen LogP contribution in [0.4, 0.5) is 0 Å². The highest BCUT2D eigenvalue weighted by atomic mass is 16.2. The van der Waals surface area contributed by atoms with E-state index in [9.17, 15) is 4.79 Å². The van der Waals surface area contributed by atoms with Crippen molar-refractivity contribution >= 4 is 5.91 Å². The van der Waals surface area contributed by atoms with Crippen molar-refractivity contribution in [3.8, 4) is 11.4 Å². The van der Waals surface area contributed by atoms with Crippen LogP contribution >= 0.6 is 0 Å². The molecule has 1 aliphatic rings. The van der Waals surface area contributed by atoms with Crippen LogP contribution in [-0.2, 0) is 11.3 Å². The van der Waals surface area contributed by atoms with E-state index in [4.69, 9.17) is 0 Å². The third kappa shape index (κ3) is 2.98. The molecule has 3 heterocycles. The summed E-state index contributed by atoms with van der Waals surface area (Å²) in [7, 11) is 0. The Kier molecular flexibility index (Phi) is 4.13. The van der Waals surface area contributed by atoms with Crippen molar-refractivity contribution in [3.63, 3.8) is 0 Å². The lowest BCUT2D eigenvalue weighted by Crippen LogP contribution is -2.48. The van der Waals surface area contributed by atoms with Gasteiger partial charge in [-0.2, -0.15) is 4.80 Å². The number of rotatable bonds is 3. The minimum absolute atomic E-state index is 0.0541. The predicted octanol–water partition coefficient (Wildman–Crippen LogP) is 1.52. The summed E-state index contributed by atoms with van der Waals surface area (Å²) in [6.45, 7) is 4.34. The van der Waals surface area contributed by atoms with Crippen molar-refractivity contribution in [2.24, 2.45) is 0 Å². The molecule has 0 saturated carbocycles. The first-order valence-corrected chi connectivity index (χ1v) is 7.64. The molecule has 2 aromatic heterocycles. The van der Waals surface area contributed by atoms with Gasteiger partial charge in [0.1, 0.15) is 6.54 Å². The summed E-state index contributed by atoms with van der Waals surface area (Å²) in [5, 5.41) is 12.3. The highest BCUT2D eigenvalue weighted by Gasteiger charge is 2.29. The maximum atomic E-state index is 12.5. The van der Waals surface area contributed by atoms with Crippen molar-refractivity contribution in [1.82, 2.24) is 30.1 Å². The van der Waals surface area contributed by atoms with Crippen molar-refractivity contribution in [1.29, 1.82) is 0 Å². The molecule has 7 nitrogen and oxygen atoms in total. The normalized spacial score (nSPS) is 21.8. The standard InChI is InChI=1S/C15H20N6O/c1-11-4-3-5-12(2)21(11)14(22)10-20-18-15(17-19-20)13-6-8-16-9-7-13/h6-9,11-12H,3-5,10H2,1-2H3/t11-,12-/m0/s1. The van der Waals surface area contributed by atoms with E-state index in [1.807, 2.05) is 17.0 Å². The van der Waals surface area contributed by atoms with Crippen LogP contribution < -0.4 is 0 Å². The Morgan fingerprint density at radius 1 is 1.23 bits per heavy atom. The number of carbonyl (C=O) groups is 1. The first-order chi connectivity index (χ1) is 10.6. The lowest BCUT2D eigenvalue weighted by molar-refractivity contribution is -0.138. The summed E-state index contributed by atoms with van der Waals surface area (Å²) >= 11 is 0. The average Bonchev–Trinajstić information content (AvgIpc) is 2.96. The van der Waals surface area contributed by atoms with Gasteiger partial charge in [0.2, 0.25) is 11.7 Å². The van der Waals surface area contributed by atoms with Crippen LogP contribution in [0.15, 0.2) is 24.5 Å². The smallest absolute Gasteiger partial charge is 0.246 e. The van der Waals surface area contributed by atoms with Crippen molar-refractivity contribution in [3.05, 3.63) is 24.5 Å². The van der Waals surface area contributed by atoms with Gasteiger partial charge in [0.15, 0.2) is 0 Å². The third-order valence-electron chi connectivity index (χ3n) is 4.15. The minimum atomic E-state index is 0.0541. The lowest BCUT2D eigenvalue weighted by atomic mass is 9.97. The molecule has 1 fully saturated rings. The van der Waals surface area contributed by atoms with E-state index in [0.717, 1.165) is 18.4 Å². The first-order valence-electron chi connectivity index (χ1n) is 7.64. The molecule has 2 atom stereocenters. The molecule has 0 bridgehead atoms. The van der Waals surface area contributed by atoms with E-state index in [1.54, 1.807) is 12.4 Å². The number of pyridine rings is 1. The van der Waals surface area contributed by atoms with Gasteiger partial charge in [-0.05, 0) is 50.5 Å². The summed E-state index contributed by atoms with van der Waals surface area (Å²) in [4.78, 5) is 19.8. The zero-order valence-corrected chi connectivity index (χ0v) is 12.9. The molecule has 0 spiro atoms. The molecule has 0 aromatic carbocycles. The molecule has 3 rings (SSSR count). The molecule has 22 heavy (non-hydrogen) atoms. The summed E-state index contributed by atoms with van der Waals surface area (Å²) in [5.41, 5.74) is 0.841. The van der Waals surface area contributed by atoms with Gasteiger partial charge < -0.3 is 4.90 Å². The van der Waals surface area contributed by atoms with Crippen LogP contribution in [0.2, 0.25) is 0 Å². The minimum Gasteiger partial charge on any atom is -0.336 e. The van der Waals surface area contributed by atoms with Crippen LogP contribution in [0.3, 0.4) is 0 Å². The zero-order valence-electron chi connectivity index (χ0n) is 12.9. The number of amides is 1. The molecule has 1 aliphatic heterocycles. The van der Waals surface area contributed by atoms with Crippen LogP contribution in [0.1, 0.15) is 33.1 Å². The fourth-order valence-corrected chi connectivity index (χ4v) is 3.04. The first kappa shape index (κ1) is 14.6. The molecule has 0 radical (unpaired) electrons. The second-order valence-corrected chi connectivity index (χ2v) is 5.81. The Balaban J connectivity index is 1.71. The molecule has 116 valence electrons. The van der Waals surface area contributed by atoms with E-state index < -0.39 is 0 Å². The second kappa shape index (κ2) is 6.21. The lowest BCUT2D eigenvalue weighted by Gasteiger charge is -2.38. The number of likely N-dealkylation sites (tertiary alicyclic amines) is 1. The average molecular weight is 300 g/mol. The number of hydrogen-bond donors (Lipinski definition) is 0. The molecule has 0 unspecified atom stereocenters. The van der Waals surface area contributed by atoms with Crippen LogP contribution in [-0.4, -0.2) is 48.1 Å². The van der Waals surface area contributed by atoms with E-state index in [0.29, 0.717) is 5.82 Å². The maximum absolute atomic E-state index is 12.5. The van der Waals surface area contributed by atoms with E-state index >= 15 is 0 Å². The summed E-state index contributed by atoms with van der Waals surface area (Å²) in [6, 6.07) is 4.19. The SMILES string of the molecule is C[C@H]1CCC[C@H](C)N1C(=O)Cn1nnc(-c2ccncc2)n1. The molecular weight excluding hydrogens is 280 g/mol. The van der Waals surface area contributed by atoms with Crippen molar-refractivity contribution < 1.29 is 4.79 Å². The van der Waals surface area contributed by atoms with Crippen molar-refractivity contribution in [2.75, 3.05) is 0 Å². The molecule has 1 saturated heterocycles. The molecule has 2 aromatic rings. The number of carbonyl (C=O) groups excluding carboxylic acids is 1. The van der Waals surface area contributed by atoms with Gasteiger partial charge in [0, 0.05) is 30.0 Å². The molecular formula is C15H20N6O. The number of hydrogen-bond acceptors (Lipinski definition) is 5. The number of nitrogens with zero attached hydrogens (tertiary/aromatic N) is 6. The fourth-order valence-electron chi connectivity index (χ4n) is 3.04. The van der Waals surface area contributed by atoms with Gasteiger partial charge in [-0.3, -0.25) is 9.78 Å². The van der Waals surface area contributed by atoms with Crippen LogP contribution in [0.25, 0.3) is 11.4 Å². The summed E-state index contributed by atoms with van der Waals surface area (Å²) < 4.78 is 0. The highest BCUT2D eigenvalue weighted by Crippen LogP contribution is 2.22. The Labute approximate surface area is 129 Å². The predicted molar refractivity (Wildman–Crippen MR) is 80.7 cm³/mol. The monoisotopic (exact) mass is 300 g/mol. The maximum Gasteiger partial charge on any atom is 0.246 e. The largest absolute Gasteiger partial charge is 0.336 e. The molecule has 0 N–H and O–H groups in total. The van der Waals surface area contributed by atoms with Crippen LogP contribution in [0.5, 0.6) is 0 Å². The summed E-state index contributed by atoms with van der Waals surface area (Å²) in [5.74, 6) is 0.563. The molecule has 7 heteroatoms. The Morgan fingerprint density at radius 3 is 2.59 bits per heavy atom. The van der Waals surface area contributed by atoms with Gasteiger partial charge >= 0.3 is 0 Å². The van der Waals surface area contributed by atoms with Crippen molar-refractivity contribution in [2.45, 2.75) is 51.7 Å². The zero-order chi connectivity index (χ0) is 15.5. The van der Waals surface area contributed by atoms with E-state index in [1.165, 1.54) is 11.2 Å². The Bertz CT molecular complexity index is 630. The Morgan fingerprint density at radius 2 is 1.91 bits per heavy atom. The topological polar surface area (TPSA) is 76.8 Å². The van der Waals surface area contributed by atoms with Crippen LogP contribution in [0, 0.1) is 0 Å². The molecule has 0 aliphatic carbocycles. The number of piperidine rings is 1. The van der Waals surface area contributed by atoms with Gasteiger partial charge in [0.05, 0.1) is 0 Å². The van der Waals surface area contributed by atoms with E-state index in [2.05, 4.69) is 34.2 Å². The second-order valence-electron chi connectivity index (χ2n) is 5.81. The van der Waals surface area contributed by atoms with Gasteiger partial charge in [0.25, 0.3) is 0 Å². The van der Waals surface area contributed by atoms with E-state index in [-0.39, 0.29) is 24.5 Å². The highest BCUT2D eigenvalue weighted by molar-refractivity contribution is 5.76. The van der Waals surface area contributed by atoms with Gasteiger partial charge in [-0.15, -0.1) is 10.2 Å². The third-order valence-corrected chi connectivity index (χ3v) is 4.15. The summed E-state index contributed by atoms with van der Waals surface area (Å²) in [6.07, 6.45) is 6.66.